The van der Waals surface area contributed by atoms with E-state index >= 15 is 0 Å². The fourth-order valence-electron chi connectivity index (χ4n) is 1.69. The van der Waals surface area contributed by atoms with E-state index < -0.39 is 0 Å². The summed E-state index contributed by atoms with van der Waals surface area (Å²) in [6.07, 6.45) is 0. The molecule has 0 radical (unpaired) electrons. The molecule has 86 valence electrons. The van der Waals surface area contributed by atoms with Gasteiger partial charge in [-0.1, -0.05) is 12.1 Å². The molecule has 0 saturated carbocycles. The van der Waals surface area contributed by atoms with Crippen molar-refractivity contribution in [3.63, 3.8) is 0 Å². The summed E-state index contributed by atoms with van der Waals surface area (Å²) in [7, 11) is 1.58. The second kappa shape index (κ2) is 4.51. The fraction of sp³-hybridized carbons (Fsp3) is 0.364. The van der Waals surface area contributed by atoms with Crippen LogP contribution in [0.5, 0.6) is 0 Å². The molecule has 1 aromatic heterocycles. The highest BCUT2D eigenvalue weighted by molar-refractivity contribution is 5.72. The van der Waals surface area contributed by atoms with Crippen molar-refractivity contribution in [2.75, 3.05) is 13.7 Å². The lowest BCUT2D eigenvalue weighted by Crippen LogP contribution is -2.33. The largest absolute Gasteiger partial charge is 0.420 e. The lowest BCUT2D eigenvalue weighted by atomic mass is 10.3. The number of fused-ring (bicyclic) bond motifs is 1. The zero-order valence-corrected chi connectivity index (χ0v) is 9.05. The molecule has 5 heteroatoms. The number of methoxy groups -OCH3 is 1. The Bertz CT molecular complexity index is 529. The van der Waals surface area contributed by atoms with Gasteiger partial charge in [-0.25, -0.2) is 4.79 Å². The smallest absolute Gasteiger partial charge is 0.408 e. The van der Waals surface area contributed by atoms with Gasteiger partial charge in [0.05, 0.1) is 12.1 Å². The molecule has 1 heterocycles. The third kappa shape index (κ3) is 2.00. The Balaban J connectivity index is 2.36. The SMILES string of the molecule is COCC(N)Cn1c(=O)oc2ccccc21. The van der Waals surface area contributed by atoms with Gasteiger partial charge in [-0.2, -0.15) is 0 Å². The molecule has 1 aromatic carbocycles. The van der Waals surface area contributed by atoms with E-state index in [1.165, 1.54) is 4.57 Å². The lowest BCUT2D eigenvalue weighted by molar-refractivity contribution is 0.173. The van der Waals surface area contributed by atoms with Crippen LogP contribution in [0.3, 0.4) is 0 Å². The first kappa shape index (κ1) is 10.9. The van der Waals surface area contributed by atoms with Gasteiger partial charge in [0.15, 0.2) is 5.58 Å². The van der Waals surface area contributed by atoms with E-state index in [2.05, 4.69) is 0 Å². The van der Waals surface area contributed by atoms with Crippen LogP contribution in [0.4, 0.5) is 0 Å². The maximum absolute atomic E-state index is 11.6. The van der Waals surface area contributed by atoms with Crippen LogP contribution in [0, 0.1) is 0 Å². The molecule has 0 saturated heterocycles. The van der Waals surface area contributed by atoms with Crippen LogP contribution in [0.25, 0.3) is 11.1 Å². The van der Waals surface area contributed by atoms with Crippen molar-refractivity contribution in [1.29, 1.82) is 0 Å². The Labute approximate surface area is 92.4 Å². The minimum Gasteiger partial charge on any atom is -0.408 e. The maximum atomic E-state index is 11.6. The molecule has 0 amide bonds. The van der Waals surface area contributed by atoms with Gasteiger partial charge in [0.1, 0.15) is 0 Å². The van der Waals surface area contributed by atoms with Gasteiger partial charge in [0, 0.05) is 19.7 Å². The Morgan fingerprint density at radius 1 is 1.50 bits per heavy atom. The predicted octanol–water partition coefficient (Wildman–Crippen LogP) is 0.568. The summed E-state index contributed by atoms with van der Waals surface area (Å²) in [5.41, 5.74) is 7.15. The molecule has 0 bridgehead atoms. The molecule has 2 aromatic rings. The molecule has 2 N–H and O–H groups in total. The Hall–Kier alpha value is -1.59. The molecule has 1 atom stereocenters. The summed E-state index contributed by atoms with van der Waals surface area (Å²) >= 11 is 0. The molecule has 0 aliphatic carbocycles. The first-order chi connectivity index (χ1) is 7.72. The summed E-state index contributed by atoms with van der Waals surface area (Å²) in [6.45, 7) is 0.801. The second-order valence-electron chi connectivity index (χ2n) is 3.66. The van der Waals surface area contributed by atoms with E-state index in [4.69, 9.17) is 14.9 Å². The zero-order valence-electron chi connectivity index (χ0n) is 9.05. The van der Waals surface area contributed by atoms with Crippen LogP contribution in [0.1, 0.15) is 0 Å². The number of nitrogens with two attached hydrogens (primary N) is 1. The number of benzene rings is 1. The van der Waals surface area contributed by atoms with Gasteiger partial charge in [-0.05, 0) is 12.1 Å². The third-order valence-electron chi connectivity index (χ3n) is 2.37. The van der Waals surface area contributed by atoms with E-state index in [0.29, 0.717) is 18.7 Å². The van der Waals surface area contributed by atoms with Crippen molar-refractivity contribution in [2.24, 2.45) is 5.73 Å². The maximum Gasteiger partial charge on any atom is 0.420 e. The van der Waals surface area contributed by atoms with Gasteiger partial charge in [-0.3, -0.25) is 4.57 Å². The molecule has 16 heavy (non-hydrogen) atoms. The summed E-state index contributed by atoms with van der Waals surface area (Å²) in [5, 5.41) is 0. The van der Waals surface area contributed by atoms with Crippen LogP contribution < -0.4 is 11.5 Å². The first-order valence-electron chi connectivity index (χ1n) is 5.05. The number of ether oxygens (including phenoxy) is 1. The number of para-hydroxylation sites is 2. The van der Waals surface area contributed by atoms with Gasteiger partial charge >= 0.3 is 5.76 Å². The topological polar surface area (TPSA) is 70.4 Å². The van der Waals surface area contributed by atoms with Crippen LogP contribution >= 0.6 is 0 Å². The van der Waals surface area contributed by atoms with E-state index in [1.807, 2.05) is 18.2 Å². The third-order valence-corrected chi connectivity index (χ3v) is 2.37. The van der Waals surface area contributed by atoms with Crippen molar-refractivity contribution >= 4 is 11.1 Å². The van der Waals surface area contributed by atoms with Gasteiger partial charge < -0.3 is 14.9 Å². The molecule has 2 rings (SSSR count). The Morgan fingerprint density at radius 3 is 3.00 bits per heavy atom. The molecule has 0 aliphatic rings. The monoisotopic (exact) mass is 222 g/mol. The van der Waals surface area contributed by atoms with Crippen LogP contribution in [0.15, 0.2) is 33.5 Å². The van der Waals surface area contributed by atoms with Gasteiger partial charge in [-0.15, -0.1) is 0 Å². The second-order valence-corrected chi connectivity index (χ2v) is 3.66. The van der Waals surface area contributed by atoms with Crippen LogP contribution in [0.2, 0.25) is 0 Å². The van der Waals surface area contributed by atoms with Crippen molar-refractivity contribution in [1.82, 2.24) is 4.57 Å². The lowest BCUT2D eigenvalue weighted by Gasteiger charge is -2.10. The Kier molecular flexibility index (Phi) is 3.07. The number of rotatable bonds is 4. The van der Waals surface area contributed by atoms with E-state index in [1.54, 1.807) is 13.2 Å². The van der Waals surface area contributed by atoms with Crippen molar-refractivity contribution in [3.8, 4) is 0 Å². The van der Waals surface area contributed by atoms with E-state index in [0.717, 1.165) is 5.52 Å². The summed E-state index contributed by atoms with van der Waals surface area (Å²) < 4.78 is 11.5. The average molecular weight is 222 g/mol. The van der Waals surface area contributed by atoms with Crippen molar-refractivity contribution in [2.45, 2.75) is 12.6 Å². The van der Waals surface area contributed by atoms with E-state index in [-0.39, 0.29) is 11.8 Å². The number of hydrogen-bond donors (Lipinski definition) is 1. The predicted molar refractivity (Wildman–Crippen MR) is 60.3 cm³/mol. The minimum absolute atomic E-state index is 0.219. The first-order valence-corrected chi connectivity index (χ1v) is 5.05. The number of aromatic nitrogens is 1. The standard InChI is InChI=1S/C11H14N2O3/c1-15-7-8(12)6-13-9-4-2-3-5-10(9)16-11(13)14/h2-5,8H,6-7,12H2,1H3. The number of oxazole rings is 1. The van der Waals surface area contributed by atoms with Gasteiger partial charge in [0.2, 0.25) is 0 Å². The van der Waals surface area contributed by atoms with Crippen molar-refractivity contribution < 1.29 is 9.15 Å². The number of nitrogens with zero attached hydrogens (tertiary/aromatic N) is 1. The molecular formula is C11H14N2O3. The van der Waals surface area contributed by atoms with Gasteiger partial charge in [0.25, 0.3) is 0 Å². The zero-order chi connectivity index (χ0) is 11.5. The molecule has 0 fully saturated rings. The fourth-order valence-corrected chi connectivity index (χ4v) is 1.69. The Morgan fingerprint density at radius 2 is 2.25 bits per heavy atom. The van der Waals surface area contributed by atoms with Crippen molar-refractivity contribution in [3.05, 3.63) is 34.8 Å². The normalized spacial score (nSPS) is 13.1. The molecule has 5 nitrogen and oxygen atoms in total. The molecular weight excluding hydrogens is 208 g/mol. The minimum atomic E-state index is -0.382. The summed E-state index contributed by atoms with van der Waals surface area (Å²) in [4.78, 5) is 11.6. The molecule has 0 aliphatic heterocycles. The summed E-state index contributed by atoms with van der Waals surface area (Å²) in [5.74, 6) is -0.382. The van der Waals surface area contributed by atoms with Crippen LogP contribution in [-0.2, 0) is 11.3 Å². The molecule has 1 unspecified atom stereocenters. The number of hydrogen-bond acceptors (Lipinski definition) is 4. The highest BCUT2D eigenvalue weighted by Gasteiger charge is 2.11. The van der Waals surface area contributed by atoms with E-state index in [9.17, 15) is 4.79 Å². The highest BCUT2D eigenvalue weighted by Crippen LogP contribution is 2.11. The molecule has 0 spiro atoms. The highest BCUT2D eigenvalue weighted by atomic mass is 16.5. The van der Waals surface area contributed by atoms with Crippen LogP contribution in [-0.4, -0.2) is 24.3 Å². The summed E-state index contributed by atoms with van der Waals surface area (Å²) in [6, 6.07) is 7.05. The average Bonchev–Trinajstić information content (AvgIpc) is 2.56. The quantitative estimate of drug-likeness (QED) is 0.821.